The molecule has 2 aromatic carbocycles. The van der Waals surface area contributed by atoms with Gasteiger partial charge in [0.1, 0.15) is 0 Å². The minimum Gasteiger partial charge on any atom is -0.351 e. The minimum atomic E-state index is -0.342. The number of carbonyl (C=O) groups excluding carboxylic acids is 2. The Balaban J connectivity index is 1.24. The highest BCUT2D eigenvalue weighted by atomic mass is 16.2. The average molecular weight is 489 g/mol. The van der Waals surface area contributed by atoms with Gasteiger partial charge in [0.2, 0.25) is 5.91 Å². The van der Waals surface area contributed by atoms with Crippen molar-refractivity contribution < 1.29 is 9.59 Å². The third kappa shape index (κ3) is 5.59. The van der Waals surface area contributed by atoms with Crippen LogP contribution in [0.2, 0.25) is 0 Å². The van der Waals surface area contributed by atoms with Crippen molar-refractivity contribution >= 4 is 17.6 Å². The van der Waals surface area contributed by atoms with E-state index in [2.05, 4.69) is 34.1 Å². The number of aryl methyl sites for hydroxylation is 1. The van der Waals surface area contributed by atoms with Crippen LogP contribution in [0.3, 0.4) is 0 Å². The molecule has 1 unspecified atom stereocenters. The summed E-state index contributed by atoms with van der Waals surface area (Å²) in [6, 6.07) is 18.6. The number of carbonyl (C=O) groups is 2. The second kappa shape index (κ2) is 11.5. The molecule has 2 heterocycles. The van der Waals surface area contributed by atoms with Gasteiger partial charge in [0.25, 0.3) is 0 Å². The number of anilines is 1. The zero-order valence-corrected chi connectivity index (χ0v) is 21.4. The normalized spacial score (nSPS) is 21.7. The third-order valence-electron chi connectivity index (χ3n) is 8.50. The molecule has 192 valence electrons. The number of amides is 3. The highest BCUT2D eigenvalue weighted by molar-refractivity contribution is 5.97. The van der Waals surface area contributed by atoms with Crippen LogP contribution in [0.5, 0.6) is 0 Å². The molecule has 36 heavy (non-hydrogen) atoms. The van der Waals surface area contributed by atoms with Crippen LogP contribution in [-0.2, 0) is 17.8 Å². The van der Waals surface area contributed by atoms with E-state index in [-0.39, 0.29) is 24.0 Å². The standard InChI is InChI=1S/C30H40N4O2/c31-30(36)33(21-23-9-3-1-4-10-23)26-17-19-32(20-18-26)22-27-16-15-24-11-7-8-14-28(24)34(27)29(35)25-12-5-2-6-13-25/h1,3-4,7-11,14,25-27H,2,5-6,12-13,15-22H2,(H2,31,36). The highest BCUT2D eigenvalue weighted by Gasteiger charge is 2.37. The predicted molar refractivity (Wildman–Crippen MR) is 144 cm³/mol. The number of rotatable bonds is 6. The Morgan fingerprint density at radius 3 is 2.28 bits per heavy atom. The van der Waals surface area contributed by atoms with Crippen molar-refractivity contribution in [1.82, 2.24) is 9.80 Å². The van der Waals surface area contributed by atoms with Gasteiger partial charge in [0.15, 0.2) is 0 Å². The maximum atomic E-state index is 13.8. The second-order valence-corrected chi connectivity index (χ2v) is 10.8. The fraction of sp³-hybridized carbons (Fsp3) is 0.533. The number of piperidine rings is 1. The molecule has 1 saturated carbocycles. The molecule has 6 nitrogen and oxygen atoms in total. The first-order valence-electron chi connectivity index (χ1n) is 13.8. The molecule has 0 radical (unpaired) electrons. The van der Waals surface area contributed by atoms with E-state index in [1.54, 1.807) is 0 Å². The number of nitrogens with two attached hydrogens (primary N) is 1. The summed E-state index contributed by atoms with van der Waals surface area (Å²) in [6.07, 6.45) is 9.51. The maximum absolute atomic E-state index is 13.8. The van der Waals surface area contributed by atoms with Crippen LogP contribution in [0.25, 0.3) is 0 Å². The number of para-hydroxylation sites is 1. The van der Waals surface area contributed by atoms with Gasteiger partial charge in [-0.3, -0.25) is 4.79 Å². The fourth-order valence-corrected chi connectivity index (χ4v) is 6.50. The topological polar surface area (TPSA) is 69.9 Å². The molecular weight excluding hydrogens is 448 g/mol. The van der Waals surface area contributed by atoms with Crippen LogP contribution < -0.4 is 10.6 Å². The molecule has 0 bridgehead atoms. The molecule has 0 aromatic heterocycles. The first kappa shape index (κ1) is 24.8. The lowest BCUT2D eigenvalue weighted by atomic mass is 9.86. The lowest BCUT2D eigenvalue weighted by Gasteiger charge is -2.44. The van der Waals surface area contributed by atoms with E-state index in [0.717, 1.165) is 69.4 Å². The van der Waals surface area contributed by atoms with E-state index in [4.69, 9.17) is 5.73 Å². The van der Waals surface area contributed by atoms with Crippen molar-refractivity contribution in [1.29, 1.82) is 0 Å². The van der Waals surface area contributed by atoms with Crippen LogP contribution in [-0.4, -0.2) is 53.5 Å². The summed E-state index contributed by atoms with van der Waals surface area (Å²) in [6.45, 7) is 3.30. The van der Waals surface area contributed by atoms with E-state index in [1.165, 1.54) is 24.8 Å². The van der Waals surface area contributed by atoms with E-state index >= 15 is 0 Å². The predicted octanol–water partition coefficient (Wildman–Crippen LogP) is 4.96. The average Bonchev–Trinajstić information content (AvgIpc) is 2.93. The van der Waals surface area contributed by atoms with E-state index in [0.29, 0.717) is 12.5 Å². The molecular formula is C30H40N4O2. The largest absolute Gasteiger partial charge is 0.351 e. The van der Waals surface area contributed by atoms with Gasteiger partial charge >= 0.3 is 6.03 Å². The number of fused-ring (bicyclic) bond motifs is 1. The summed E-state index contributed by atoms with van der Waals surface area (Å²) in [5.74, 6) is 0.504. The van der Waals surface area contributed by atoms with Gasteiger partial charge in [-0.1, -0.05) is 67.8 Å². The molecule has 2 N–H and O–H groups in total. The maximum Gasteiger partial charge on any atom is 0.315 e. The van der Waals surface area contributed by atoms with Gasteiger partial charge in [-0.05, 0) is 55.7 Å². The van der Waals surface area contributed by atoms with E-state index in [9.17, 15) is 9.59 Å². The number of likely N-dealkylation sites (tertiary alicyclic amines) is 1. The second-order valence-electron chi connectivity index (χ2n) is 10.8. The molecule has 1 atom stereocenters. The first-order chi connectivity index (χ1) is 17.6. The van der Waals surface area contributed by atoms with Gasteiger partial charge < -0.3 is 20.4 Å². The third-order valence-corrected chi connectivity index (χ3v) is 8.50. The number of hydrogen-bond acceptors (Lipinski definition) is 3. The first-order valence-corrected chi connectivity index (χ1v) is 13.8. The van der Waals surface area contributed by atoms with Crippen LogP contribution in [0.4, 0.5) is 10.5 Å². The van der Waals surface area contributed by atoms with Crippen LogP contribution >= 0.6 is 0 Å². The zero-order valence-electron chi connectivity index (χ0n) is 21.4. The Hall–Kier alpha value is -2.86. The van der Waals surface area contributed by atoms with Crippen molar-refractivity contribution in [2.75, 3.05) is 24.5 Å². The lowest BCUT2D eigenvalue weighted by Crippen LogP contribution is -2.54. The lowest BCUT2D eigenvalue weighted by molar-refractivity contribution is -0.124. The van der Waals surface area contributed by atoms with Crippen molar-refractivity contribution in [2.24, 2.45) is 11.7 Å². The van der Waals surface area contributed by atoms with Gasteiger partial charge in [0.05, 0.1) is 0 Å². The molecule has 0 spiro atoms. The summed E-state index contributed by atoms with van der Waals surface area (Å²) >= 11 is 0. The molecule has 1 saturated heterocycles. The minimum absolute atomic E-state index is 0.158. The van der Waals surface area contributed by atoms with Crippen molar-refractivity contribution in [2.45, 2.75) is 76.4 Å². The number of hydrogen-bond donors (Lipinski definition) is 1. The number of nitrogens with zero attached hydrogens (tertiary/aromatic N) is 3. The highest BCUT2D eigenvalue weighted by Crippen LogP contribution is 2.35. The molecule has 3 amide bonds. The monoisotopic (exact) mass is 488 g/mol. The summed E-state index contributed by atoms with van der Waals surface area (Å²) in [4.78, 5) is 32.6. The van der Waals surface area contributed by atoms with Gasteiger partial charge in [-0.15, -0.1) is 0 Å². The molecule has 2 aliphatic heterocycles. The summed E-state index contributed by atoms with van der Waals surface area (Å²) in [7, 11) is 0. The van der Waals surface area contributed by atoms with Crippen LogP contribution in [0.1, 0.15) is 62.5 Å². The Bertz CT molecular complexity index is 1030. The summed E-state index contributed by atoms with van der Waals surface area (Å²) in [5.41, 5.74) is 9.33. The number of urea groups is 1. The number of benzene rings is 2. The van der Waals surface area contributed by atoms with Crippen molar-refractivity contribution in [3.05, 3.63) is 65.7 Å². The van der Waals surface area contributed by atoms with Gasteiger partial charge in [-0.2, -0.15) is 0 Å². The Morgan fingerprint density at radius 2 is 1.56 bits per heavy atom. The smallest absolute Gasteiger partial charge is 0.315 e. The zero-order chi connectivity index (χ0) is 24.9. The van der Waals surface area contributed by atoms with Crippen LogP contribution in [0, 0.1) is 5.92 Å². The molecule has 6 heteroatoms. The Labute approximate surface area is 215 Å². The number of primary amides is 1. The molecule has 2 fully saturated rings. The van der Waals surface area contributed by atoms with E-state index < -0.39 is 0 Å². The summed E-state index contributed by atoms with van der Waals surface area (Å²) < 4.78 is 0. The Kier molecular flexibility index (Phi) is 7.90. The molecule has 2 aromatic rings. The SMILES string of the molecule is NC(=O)N(Cc1ccccc1)C1CCN(CC2CCc3ccccc3N2C(=O)C2CCCCC2)CC1. The van der Waals surface area contributed by atoms with Crippen molar-refractivity contribution in [3.63, 3.8) is 0 Å². The Morgan fingerprint density at radius 1 is 0.861 bits per heavy atom. The van der Waals surface area contributed by atoms with Gasteiger partial charge in [-0.25, -0.2) is 4.79 Å². The summed E-state index contributed by atoms with van der Waals surface area (Å²) in [5, 5.41) is 0. The van der Waals surface area contributed by atoms with Crippen LogP contribution in [0.15, 0.2) is 54.6 Å². The molecule has 3 aliphatic rings. The fourth-order valence-electron chi connectivity index (χ4n) is 6.50. The molecule has 5 rings (SSSR count). The van der Waals surface area contributed by atoms with Crippen molar-refractivity contribution in [3.8, 4) is 0 Å². The van der Waals surface area contributed by atoms with E-state index in [1.807, 2.05) is 35.2 Å². The van der Waals surface area contributed by atoms with Gasteiger partial charge in [0, 0.05) is 49.9 Å². The quantitative estimate of drug-likeness (QED) is 0.625. The molecule has 1 aliphatic carbocycles.